The lowest BCUT2D eigenvalue weighted by atomic mass is 10.3. The lowest BCUT2D eigenvalue weighted by Gasteiger charge is -2.13. The predicted molar refractivity (Wildman–Crippen MR) is 57.6 cm³/mol. The Balaban J connectivity index is 2.08. The molecular formula is C11H17N3O. The van der Waals surface area contributed by atoms with Crippen LogP contribution in [-0.2, 0) is 4.79 Å². The third-order valence-corrected chi connectivity index (χ3v) is 2.71. The van der Waals surface area contributed by atoms with Gasteiger partial charge in [-0.15, -0.1) is 0 Å². The van der Waals surface area contributed by atoms with Crippen molar-refractivity contribution in [2.45, 2.75) is 45.7 Å². The Morgan fingerprint density at radius 2 is 2.27 bits per heavy atom. The molecule has 15 heavy (non-hydrogen) atoms. The molecule has 4 heteroatoms. The summed E-state index contributed by atoms with van der Waals surface area (Å²) in [5, 5.41) is 7.30. The highest BCUT2D eigenvalue weighted by Crippen LogP contribution is 2.20. The molecule has 1 unspecified atom stereocenters. The summed E-state index contributed by atoms with van der Waals surface area (Å²) in [5.74, 6) is 0.0729. The van der Waals surface area contributed by atoms with Crippen molar-refractivity contribution in [3.8, 4) is 0 Å². The molecule has 1 fully saturated rings. The SMILES string of the molecule is Cc1cc(C)n(C(C)C(=O)NC2CC2)n1. The molecule has 0 radical (unpaired) electrons. The van der Waals surface area contributed by atoms with Crippen molar-refractivity contribution >= 4 is 5.91 Å². The van der Waals surface area contributed by atoms with Gasteiger partial charge in [-0.3, -0.25) is 9.48 Å². The first-order valence-corrected chi connectivity index (χ1v) is 5.41. The van der Waals surface area contributed by atoms with Gasteiger partial charge in [0.25, 0.3) is 0 Å². The average molecular weight is 207 g/mol. The summed E-state index contributed by atoms with van der Waals surface area (Å²) in [6.07, 6.45) is 2.24. The van der Waals surface area contributed by atoms with E-state index in [4.69, 9.17) is 0 Å². The molecule has 1 atom stereocenters. The van der Waals surface area contributed by atoms with Crippen LogP contribution >= 0.6 is 0 Å². The molecule has 1 aromatic heterocycles. The zero-order valence-electron chi connectivity index (χ0n) is 9.45. The molecule has 0 spiro atoms. The van der Waals surface area contributed by atoms with Crippen LogP contribution in [0.4, 0.5) is 0 Å². The molecule has 82 valence electrons. The largest absolute Gasteiger partial charge is 0.352 e. The van der Waals surface area contributed by atoms with E-state index in [2.05, 4.69) is 10.4 Å². The van der Waals surface area contributed by atoms with E-state index in [-0.39, 0.29) is 11.9 Å². The molecule has 4 nitrogen and oxygen atoms in total. The summed E-state index contributed by atoms with van der Waals surface area (Å²) in [5.41, 5.74) is 1.99. The number of hydrogen-bond donors (Lipinski definition) is 1. The Morgan fingerprint density at radius 1 is 1.60 bits per heavy atom. The van der Waals surface area contributed by atoms with Crippen LogP contribution in [0.5, 0.6) is 0 Å². The fourth-order valence-corrected chi connectivity index (χ4v) is 1.70. The first kappa shape index (κ1) is 10.2. The monoisotopic (exact) mass is 207 g/mol. The Morgan fingerprint density at radius 3 is 2.73 bits per heavy atom. The molecule has 1 heterocycles. The van der Waals surface area contributed by atoms with Crippen LogP contribution in [-0.4, -0.2) is 21.7 Å². The van der Waals surface area contributed by atoms with E-state index in [1.165, 1.54) is 0 Å². The highest BCUT2D eigenvalue weighted by atomic mass is 16.2. The van der Waals surface area contributed by atoms with Gasteiger partial charge < -0.3 is 5.32 Å². The number of nitrogens with zero attached hydrogens (tertiary/aromatic N) is 2. The number of aryl methyl sites for hydroxylation is 2. The number of amides is 1. The summed E-state index contributed by atoms with van der Waals surface area (Å²) >= 11 is 0. The van der Waals surface area contributed by atoms with Crippen molar-refractivity contribution in [2.24, 2.45) is 0 Å². The van der Waals surface area contributed by atoms with Crippen LogP contribution in [0, 0.1) is 13.8 Å². The summed E-state index contributed by atoms with van der Waals surface area (Å²) in [4.78, 5) is 11.8. The number of carbonyl (C=O) groups excluding carboxylic acids is 1. The molecule has 1 saturated carbocycles. The van der Waals surface area contributed by atoms with Crippen LogP contribution in [0.15, 0.2) is 6.07 Å². The predicted octanol–water partition coefficient (Wildman–Crippen LogP) is 1.34. The maximum atomic E-state index is 11.8. The Labute approximate surface area is 89.7 Å². The van der Waals surface area contributed by atoms with Crippen LogP contribution in [0.3, 0.4) is 0 Å². The Kier molecular flexibility index (Phi) is 2.50. The van der Waals surface area contributed by atoms with Gasteiger partial charge in [-0.1, -0.05) is 0 Å². The summed E-state index contributed by atoms with van der Waals surface area (Å²) in [7, 11) is 0. The van der Waals surface area contributed by atoms with E-state index < -0.39 is 0 Å². The topological polar surface area (TPSA) is 46.9 Å². The second-order valence-electron chi connectivity index (χ2n) is 4.33. The fourth-order valence-electron chi connectivity index (χ4n) is 1.70. The Bertz CT molecular complexity index is 379. The van der Waals surface area contributed by atoms with Gasteiger partial charge in [0, 0.05) is 11.7 Å². The van der Waals surface area contributed by atoms with Gasteiger partial charge in [0.15, 0.2) is 0 Å². The molecule has 1 aliphatic rings. The smallest absolute Gasteiger partial charge is 0.244 e. The zero-order chi connectivity index (χ0) is 11.0. The molecular weight excluding hydrogens is 190 g/mol. The Hall–Kier alpha value is -1.32. The van der Waals surface area contributed by atoms with Crippen LogP contribution in [0.25, 0.3) is 0 Å². The van der Waals surface area contributed by atoms with E-state index in [1.54, 1.807) is 4.68 Å². The van der Waals surface area contributed by atoms with Crippen molar-refractivity contribution in [3.63, 3.8) is 0 Å². The first-order valence-electron chi connectivity index (χ1n) is 5.41. The molecule has 0 aliphatic heterocycles. The fraction of sp³-hybridized carbons (Fsp3) is 0.636. The van der Waals surface area contributed by atoms with E-state index >= 15 is 0 Å². The quantitative estimate of drug-likeness (QED) is 0.813. The highest BCUT2D eigenvalue weighted by Gasteiger charge is 2.26. The normalized spacial score (nSPS) is 17.5. The van der Waals surface area contributed by atoms with Crippen molar-refractivity contribution in [3.05, 3.63) is 17.5 Å². The van der Waals surface area contributed by atoms with Gasteiger partial charge in [0.2, 0.25) is 5.91 Å². The number of aromatic nitrogens is 2. The minimum atomic E-state index is -0.209. The number of hydrogen-bond acceptors (Lipinski definition) is 2. The third kappa shape index (κ3) is 2.19. The first-order chi connectivity index (χ1) is 7.08. The zero-order valence-corrected chi connectivity index (χ0v) is 9.45. The minimum absolute atomic E-state index is 0.0729. The summed E-state index contributed by atoms with van der Waals surface area (Å²) in [6, 6.07) is 2.19. The molecule has 1 N–H and O–H groups in total. The highest BCUT2D eigenvalue weighted by molar-refractivity contribution is 5.80. The van der Waals surface area contributed by atoms with Crippen LogP contribution < -0.4 is 5.32 Å². The van der Waals surface area contributed by atoms with Crippen molar-refractivity contribution in [2.75, 3.05) is 0 Å². The number of nitrogens with one attached hydrogen (secondary N) is 1. The van der Waals surface area contributed by atoms with E-state index in [0.29, 0.717) is 6.04 Å². The van der Waals surface area contributed by atoms with Gasteiger partial charge in [-0.25, -0.2) is 0 Å². The maximum Gasteiger partial charge on any atom is 0.244 e. The third-order valence-electron chi connectivity index (χ3n) is 2.71. The molecule has 1 aromatic rings. The second-order valence-corrected chi connectivity index (χ2v) is 4.33. The van der Waals surface area contributed by atoms with E-state index in [9.17, 15) is 4.79 Å². The standard InChI is InChI=1S/C11H17N3O/c1-7-6-8(2)14(13-7)9(3)11(15)12-10-4-5-10/h6,9-10H,4-5H2,1-3H3,(H,12,15). The average Bonchev–Trinajstić information content (AvgIpc) is 2.90. The van der Waals surface area contributed by atoms with Crippen molar-refractivity contribution < 1.29 is 4.79 Å². The van der Waals surface area contributed by atoms with Gasteiger partial charge in [0.1, 0.15) is 6.04 Å². The van der Waals surface area contributed by atoms with Gasteiger partial charge in [-0.2, -0.15) is 5.10 Å². The van der Waals surface area contributed by atoms with E-state index in [1.807, 2.05) is 26.8 Å². The molecule has 2 rings (SSSR count). The van der Waals surface area contributed by atoms with Crippen LogP contribution in [0.1, 0.15) is 37.2 Å². The van der Waals surface area contributed by atoms with E-state index in [0.717, 1.165) is 24.2 Å². The van der Waals surface area contributed by atoms with Crippen molar-refractivity contribution in [1.29, 1.82) is 0 Å². The summed E-state index contributed by atoms with van der Waals surface area (Å²) in [6.45, 7) is 5.80. The second kappa shape index (κ2) is 3.68. The summed E-state index contributed by atoms with van der Waals surface area (Å²) < 4.78 is 1.78. The minimum Gasteiger partial charge on any atom is -0.352 e. The number of rotatable bonds is 3. The molecule has 0 aromatic carbocycles. The lowest BCUT2D eigenvalue weighted by molar-refractivity contribution is -0.124. The lowest BCUT2D eigenvalue weighted by Crippen LogP contribution is -2.33. The van der Waals surface area contributed by atoms with Gasteiger partial charge in [0.05, 0.1) is 5.69 Å². The molecule has 0 saturated heterocycles. The van der Waals surface area contributed by atoms with Crippen LogP contribution in [0.2, 0.25) is 0 Å². The van der Waals surface area contributed by atoms with Gasteiger partial charge >= 0.3 is 0 Å². The maximum absolute atomic E-state index is 11.8. The number of carbonyl (C=O) groups is 1. The molecule has 1 aliphatic carbocycles. The van der Waals surface area contributed by atoms with Crippen molar-refractivity contribution in [1.82, 2.24) is 15.1 Å². The van der Waals surface area contributed by atoms with Gasteiger partial charge in [-0.05, 0) is 39.7 Å². The molecule has 0 bridgehead atoms. The molecule has 1 amide bonds.